The first-order chi connectivity index (χ1) is 15.3. The Hall–Kier alpha value is -3.35. The monoisotopic (exact) mass is 440 g/mol. The van der Waals surface area contributed by atoms with E-state index in [9.17, 15) is 14.4 Å². The van der Waals surface area contributed by atoms with Gasteiger partial charge >= 0.3 is 12.1 Å². The zero-order chi connectivity index (χ0) is 23.3. The Balaban J connectivity index is 1.93. The number of carbonyl (C=O) groups is 3. The van der Waals surface area contributed by atoms with Crippen molar-refractivity contribution in [2.45, 2.75) is 51.9 Å². The molecule has 1 N–H and O–H groups in total. The molecule has 0 bridgehead atoms. The third kappa shape index (κ3) is 9.20. The van der Waals surface area contributed by atoms with Crippen molar-refractivity contribution in [3.63, 3.8) is 0 Å². The van der Waals surface area contributed by atoms with Crippen LogP contribution in [0, 0.1) is 0 Å². The van der Waals surface area contributed by atoms with Crippen molar-refractivity contribution in [1.82, 2.24) is 10.2 Å². The summed E-state index contributed by atoms with van der Waals surface area (Å²) in [6, 6.07) is 18.7. The van der Waals surface area contributed by atoms with Gasteiger partial charge < -0.3 is 19.7 Å². The van der Waals surface area contributed by atoms with Crippen LogP contribution in [0.2, 0.25) is 0 Å². The predicted octanol–water partition coefficient (Wildman–Crippen LogP) is 3.71. The summed E-state index contributed by atoms with van der Waals surface area (Å²) in [5, 5.41) is 2.81. The van der Waals surface area contributed by atoms with Gasteiger partial charge in [0.05, 0.1) is 0 Å². The third-order valence-corrected chi connectivity index (χ3v) is 4.65. The van der Waals surface area contributed by atoms with Crippen molar-refractivity contribution < 1.29 is 23.9 Å². The van der Waals surface area contributed by atoms with E-state index < -0.39 is 18.2 Å². The Morgan fingerprint density at radius 1 is 0.938 bits per heavy atom. The SMILES string of the molecule is CC(C)NC(=O)CCCN(C)C(=O)O[C@@H](Cc1ccccc1)C(=O)OCc1ccccc1. The van der Waals surface area contributed by atoms with Crippen LogP contribution in [0.3, 0.4) is 0 Å². The molecule has 0 heterocycles. The lowest BCUT2D eigenvalue weighted by atomic mass is 10.1. The second-order valence-corrected chi connectivity index (χ2v) is 7.90. The zero-order valence-corrected chi connectivity index (χ0v) is 19.0. The summed E-state index contributed by atoms with van der Waals surface area (Å²) in [5.74, 6) is -0.663. The minimum absolute atomic E-state index is 0.0618. The van der Waals surface area contributed by atoms with Gasteiger partial charge in [0.25, 0.3) is 0 Å². The molecule has 172 valence electrons. The predicted molar refractivity (Wildman–Crippen MR) is 122 cm³/mol. The Kier molecular flexibility index (Phi) is 10.2. The first kappa shape index (κ1) is 24.9. The van der Waals surface area contributed by atoms with Crippen LogP contribution < -0.4 is 5.32 Å². The fraction of sp³-hybridized carbons (Fsp3) is 0.400. The molecule has 7 nitrogen and oxygen atoms in total. The number of hydrogen-bond donors (Lipinski definition) is 1. The lowest BCUT2D eigenvalue weighted by Crippen LogP contribution is -2.37. The topological polar surface area (TPSA) is 84.9 Å². The molecule has 1 atom stereocenters. The lowest BCUT2D eigenvalue weighted by Gasteiger charge is -2.22. The van der Waals surface area contributed by atoms with Crippen molar-refractivity contribution in [1.29, 1.82) is 0 Å². The van der Waals surface area contributed by atoms with Gasteiger partial charge in [0.2, 0.25) is 12.0 Å². The highest BCUT2D eigenvalue weighted by Gasteiger charge is 2.26. The number of ether oxygens (including phenoxy) is 2. The minimum Gasteiger partial charge on any atom is -0.458 e. The fourth-order valence-electron chi connectivity index (χ4n) is 3.00. The molecule has 2 aromatic rings. The van der Waals surface area contributed by atoms with Crippen LogP contribution in [0.25, 0.3) is 0 Å². The molecule has 2 aromatic carbocycles. The number of esters is 1. The highest BCUT2D eigenvalue weighted by molar-refractivity contribution is 5.79. The maximum atomic E-state index is 12.7. The van der Waals surface area contributed by atoms with E-state index in [1.807, 2.05) is 74.5 Å². The first-order valence-corrected chi connectivity index (χ1v) is 10.8. The van der Waals surface area contributed by atoms with Gasteiger partial charge in [-0.2, -0.15) is 0 Å². The molecule has 32 heavy (non-hydrogen) atoms. The van der Waals surface area contributed by atoms with Gasteiger partial charge in [-0.3, -0.25) is 4.79 Å². The van der Waals surface area contributed by atoms with Gasteiger partial charge in [0, 0.05) is 32.5 Å². The summed E-state index contributed by atoms with van der Waals surface area (Å²) in [7, 11) is 1.58. The molecule has 0 aliphatic heterocycles. The van der Waals surface area contributed by atoms with Crippen LogP contribution in [-0.2, 0) is 32.1 Å². The van der Waals surface area contributed by atoms with E-state index >= 15 is 0 Å². The zero-order valence-electron chi connectivity index (χ0n) is 19.0. The summed E-state index contributed by atoms with van der Waals surface area (Å²) in [5.41, 5.74) is 1.71. The van der Waals surface area contributed by atoms with E-state index in [-0.39, 0.29) is 25.0 Å². The van der Waals surface area contributed by atoms with Gasteiger partial charge in [-0.05, 0) is 31.4 Å². The molecule has 0 fully saturated rings. The van der Waals surface area contributed by atoms with E-state index in [0.717, 1.165) is 11.1 Å². The maximum absolute atomic E-state index is 12.7. The molecule has 0 saturated heterocycles. The largest absolute Gasteiger partial charge is 0.458 e. The van der Waals surface area contributed by atoms with E-state index in [1.165, 1.54) is 4.90 Å². The summed E-state index contributed by atoms with van der Waals surface area (Å²) in [6.45, 7) is 4.22. The average Bonchev–Trinajstić information content (AvgIpc) is 2.77. The Bertz CT molecular complexity index is 855. The number of hydrogen-bond acceptors (Lipinski definition) is 5. The molecule has 0 radical (unpaired) electrons. The molecule has 2 amide bonds. The summed E-state index contributed by atoms with van der Waals surface area (Å²) in [6.07, 6.45) is -0.689. The number of rotatable bonds is 11. The number of amides is 2. The Morgan fingerprint density at radius 2 is 1.53 bits per heavy atom. The fourth-order valence-corrected chi connectivity index (χ4v) is 3.00. The molecule has 0 unspecified atom stereocenters. The minimum atomic E-state index is -1.07. The van der Waals surface area contributed by atoms with Crippen molar-refractivity contribution in [3.05, 3.63) is 71.8 Å². The molecule has 0 aromatic heterocycles. The third-order valence-electron chi connectivity index (χ3n) is 4.65. The number of nitrogens with zero attached hydrogens (tertiary/aromatic N) is 1. The highest BCUT2D eigenvalue weighted by atomic mass is 16.6. The maximum Gasteiger partial charge on any atom is 0.410 e. The van der Waals surface area contributed by atoms with Crippen LogP contribution in [0.4, 0.5) is 4.79 Å². The Morgan fingerprint density at radius 3 is 2.12 bits per heavy atom. The quantitative estimate of drug-likeness (QED) is 0.539. The Labute approximate surface area is 189 Å². The average molecular weight is 441 g/mol. The molecule has 0 aliphatic carbocycles. The van der Waals surface area contributed by atoms with Crippen LogP contribution in [0.15, 0.2) is 60.7 Å². The molecular weight excluding hydrogens is 408 g/mol. The van der Waals surface area contributed by atoms with Crippen LogP contribution in [0.1, 0.15) is 37.8 Å². The van der Waals surface area contributed by atoms with Crippen molar-refractivity contribution in [3.8, 4) is 0 Å². The van der Waals surface area contributed by atoms with E-state index in [1.54, 1.807) is 7.05 Å². The second-order valence-electron chi connectivity index (χ2n) is 7.90. The smallest absolute Gasteiger partial charge is 0.410 e. The van der Waals surface area contributed by atoms with E-state index in [4.69, 9.17) is 9.47 Å². The van der Waals surface area contributed by atoms with Crippen LogP contribution in [-0.4, -0.2) is 48.6 Å². The van der Waals surface area contributed by atoms with Gasteiger partial charge in [0.1, 0.15) is 6.61 Å². The van der Waals surface area contributed by atoms with Crippen LogP contribution >= 0.6 is 0 Å². The van der Waals surface area contributed by atoms with Crippen molar-refractivity contribution in [2.75, 3.05) is 13.6 Å². The van der Waals surface area contributed by atoms with E-state index in [2.05, 4.69) is 5.32 Å². The molecule has 7 heteroatoms. The van der Waals surface area contributed by atoms with Crippen molar-refractivity contribution >= 4 is 18.0 Å². The first-order valence-electron chi connectivity index (χ1n) is 10.8. The normalized spacial score (nSPS) is 11.5. The number of carbonyl (C=O) groups excluding carboxylic acids is 3. The van der Waals surface area contributed by atoms with Gasteiger partial charge in [0.15, 0.2) is 0 Å². The van der Waals surface area contributed by atoms with Crippen molar-refractivity contribution in [2.24, 2.45) is 0 Å². The molecule has 2 rings (SSSR count). The molecular formula is C25H32N2O5. The lowest BCUT2D eigenvalue weighted by molar-refractivity contribution is -0.155. The van der Waals surface area contributed by atoms with Gasteiger partial charge in [-0.15, -0.1) is 0 Å². The molecule has 0 saturated carbocycles. The van der Waals surface area contributed by atoms with Gasteiger partial charge in [-0.1, -0.05) is 60.7 Å². The summed E-state index contributed by atoms with van der Waals surface area (Å²) >= 11 is 0. The second kappa shape index (κ2) is 13.1. The van der Waals surface area contributed by atoms with E-state index in [0.29, 0.717) is 19.4 Å². The highest BCUT2D eigenvalue weighted by Crippen LogP contribution is 2.11. The summed E-state index contributed by atoms with van der Waals surface area (Å²) in [4.78, 5) is 38.4. The standard InChI is InChI=1S/C25H32N2O5/c1-19(2)26-23(28)15-10-16-27(3)25(30)32-22(17-20-11-6-4-7-12-20)24(29)31-18-21-13-8-5-9-14-21/h4-9,11-14,19,22H,10,15-18H2,1-3H3,(H,26,28)/t22-/m0/s1. The number of benzene rings is 2. The van der Waals surface area contributed by atoms with Gasteiger partial charge in [-0.25, -0.2) is 9.59 Å². The van der Waals surface area contributed by atoms with Crippen LogP contribution in [0.5, 0.6) is 0 Å². The molecule has 0 aliphatic rings. The number of nitrogens with one attached hydrogen (secondary N) is 1. The molecule has 0 spiro atoms. The summed E-state index contributed by atoms with van der Waals surface area (Å²) < 4.78 is 10.9.